The summed E-state index contributed by atoms with van der Waals surface area (Å²) in [5.74, 6) is 2.99. The summed E-state index contributed by atoms with van der Waals surface area (Å²) in [5, 5.41) is 10.5. The lowest BCUT2D eigenvalue weighted by atomic mass is 9.95. The average molecular weight is 431 g/mol. The summed E-state index contributed by atoms with van der Waals surface area (Å²) in [5.41, 5.74) is 4.70. The number of piperazine rings is 1. The lowest BCUT2D eigenvalue weighted by Crippen LogP contribution is -3.27. The Morgan fingerprint density at radius 3 is 1.94 bits per heavy atom. The first-order valence-electron chi connectivity index (χ1n) is 11.1. The highest BCUT2D eigenvalue weighted by molar-refractivity contribution is 5.55. The fourth-order valence-corrected chi connectivity index (χ4v) is 4.67. The van der Waals surface area contributed by atoms with Crippen molar-refractivity contribution in [2.24, 2.45) is 0 Å². The van der Waals surface area contributed by atoms with E-state index in [1.54, 1.807) is 21.3 Å². The topological polar surface area (TPSA) is 56.8 Å². The number of benzene rings is 2. The van der Waals surface area contributed by atoms with Gasteiger partial charge in [-0.3, -0.25) is 0 Å². The van der Waals surface area contributed by atoms with Crippen LogP contribution in [0.15, 0.2) is 24.3 Å². The Bertz CT molecular complexity index is 890. The Morgan fingerprint density at radius 2 is 1.42 bits per heavy atom. The summed E-state index contributed by atoms with van der Waals surface area (Å²) in [6, 6.07) is 8.15. The minimum atomic E-state index is 0.430. The highest BCUT2D eigenvalue weighted by atomic mass is 16.5. The SMILES string of the molecule is COc1ccc(C[NH+]2CC[NH+](Cc3cc(C(C)C)c(C)cc3O)CC2)c(OC)c1OC. The van der Waals surface area contributed by atoms with Gasteiger partial charge in [0.15, 0.2) is 11.5 Å². The van der Waals surface area contributed by atoms with E-state index in [0.717, 1.165) is 56.1 Å². The molecule has 0 amide bonds. The first-order valence-corrected chi connectivity index (χ1v) is 11.1. The molecule has 0 bridgehead atoms. The lowest BCUT2D eigenvalue weighted by Gasteiger charge is -2.30. The first-order chi connectivity index (χ1) is 14.9. The van der Waals surface area contributed by atoms with Gasteiger partial charge in [-0.05, 0) is 48.2 Å². The lowest BCUT2D eigenvalue weighted by molar-refractivity contribution is -1.02. The van der Waals surface area contributed by atoms with Crippen molar-refractivity contribution in [2.75, 3.05) is 47.5 Å². The molecule has 0 spiro atoms. The second-order valence-electron chi connectivity index (χ2n) is 8.84. The third-order valence-corrected chi connectivity index (χ3v) is 6.42. The maximum atomic E-state index is 10.5. The Hall–Kier alpha value is -2.44. The van der Waals surface area contributed by atoms with Crippen LogP contribution in [0.4, 0.5) is 0 Å². The summed E-state index contributed by atoms with van der Waals surface area (Å²) in [6.07, 6.45) is 0. The van der Waals surface area contributed by atoms with Crippen LogP contribution in [0.3, 0.4) is 0 Å². The second-order valence-corrected chi connectivity index (χ2v) is 8.84. The minimum Gasteiger partial charge on any atom is -0.507 e. The Kier molecular flexibility index (Phi) is 7.68. The molecule has 2 aromatic rings. The maximum Gasteiger partial charge on any atom is 0.203 e. The zero-order valence-electron chi connectivity index (χ0n) is 19.8. The van der Waals surface area contributed by atoms with Gasteiger partial charge in [0.25, 0.3) is 0 Å². The van der Waals surface area contributed by atoms with Crippen molar-refractivity contribution in [3.8, 4) is 23.0 Å². The number of quaternary nitrogens is 2. The maximum absolute atomic E-state index is 10.5. The Morgan fingerprint density at radius 1 is 0.839 bits per heavy atom. The van der Waals surface area contributed by atoms with Crippen LogP contribution >= 0.6 is 0 Å². The zero-order valence-corrected chi connectivity index (χ0v) is 19.8. The van der Waals surface area contributed by atoms with Gasteiger partial charge in [-0.1, -0.05) is 13.8 Å². The summed E-state index contributed by atoms with van der Waals surface area (Å²) >= 11 is 0. The van der Waals surface area contributed by atoms with E-state index in [1.807, 2.05) is 12.1 Å². The number of phenolic OH excluding ortho intramolecular Hbond substituents is 1. The molecule has 1 heterocycles. The number of aromatic hydroxyl groups is 1. The predicted molar refractivity (Wildman–Crippen MR) is 122 cm³/mol. The van der Waals surface area contributed by atoms with Crippen molar-refractivity contribution in [3.63, 3.8) is 0 Å². The van der Waals surface area contributed by atoms with Gasteiger partial charge in [-0.15, -0.1) is 0 Å². The molecule has 2 aromatic carbocycles. The Balaban J connectivity index is 1.64. The van der Waals surface area contributed by atoms with Crippen LogP contribution in [0.1, 0.15) is 42.0 Å². The molecule has 0 saturated carbocycles. The fourth-order valence-electron chi connectivity index (χ4n) is 4.67. The summed E-state index contributed by atoms with van der Waals surface area (Å²) in [6.45, 7) is 12.6. The van der Waals surface area contributed by atoms with Gasteiger partial charge in [0, 0.05) is 5.56 Å². The number of aryl methyl sites for hydroxylation is 1. The molecule has 0 atom stereocenters. The molecule has 1 aliphatic rings. The third kappa shape index (κ3) is 5.25. The number of nitrogens with one attached hydrogen (secondary N) is 2. The minimum absolute atomic E-state index is 0.430. The standard InChI is InChI=1S/C25H36N2O4/c1-17(2)21-14-20(22(28)13-18(21)3)16-27-11-9-26(10-12-27)15-19-7-8-23(29-4)25(31-6)24(19)30-5/h7-8,13-14,17,28H,9-12,15-16H2,1-6H3/p+2. The van der Waals surface area contributed by atoms with E-state index in [0.29, 0.717) is 23.2 Å². The molecule has 0 aromatic heterocycles. The highest BCUT2D eigenvalue weighted by Gasteiger charge is 2.26. The van der Waals surface area contributed by atoms with E-state index in [2.05, 4.69) is 32.9 Å². The molecule has 1 saturated heterocycles. The highest BCUT2D eigenvalue weighted by Crippen LogP contribution is 2.39. The quantitative estimate of drug-likeness (QED) is 0.592. The van der Waals surface area contributed by atoms with E-state index in [-0.39, 0.29) is 0 Å². The van der Waals surface area contributed by atoms with Gasteiger partial charge >= 0.3 is 0 Å². The summed E-state index contributed by atoms with van der Waals surface area (Å²) < 4.78 is 16.6. The molecule has 6 heteroatoms. The van der Waals surface area contributed by atoms with Gasteiger partial charge in [-0.2, -0.15) is 0 Å². The number of rotatable bonds is 8. The molecule has 0 unspecified atom stereocenters. The normalized spacial score (nSPS) is 18.8. The van der Waals surface area contributed by atoms with E-state index >= 15 is 0 Å². The molecule has 3 N–H and O–H groups in total. The van der Waals surface area contributed by atoms with E-state index in [4.69, 9.17) is 14.2 Å². The number of phenols is 1. The van der Waals surface area contributed by atoms with E-state index < -0.39 is 0 Å². The second kappa shape index (κ2) is 10.2. The van der Waals surface area contributed by atoms with Crippen LogP contribution in [0.25, 0.3) is 0 Å². The molecule has 1 fully saturated rings. The predicted octanol–water partition coefficient (Wildman–Crippen LogP) is 1.33. The van der Waals surface area contributed by atoms with Crippen molar-refractivity contribution >= 4 is 0 Å². The van der Waals surface area contributed by atoms with Crippen LogP contribution in [0.5, 0.6) is 23.0 Å². The number of ether oxygens (including phenoxy) is 3. The molecule has 6 nitrogen and oxygen atoms in total. The number of hydrogen-bond donors (Lipinski definition) is 3. The smallest absolute Gasteiger partial charge is 0.203 e. The van der Waals surface area contributed by atoms with E-state index in [9.17, 15) is 5.11 Å². The molecular weight excluding hydrogens is 392 g/mol. The summed E-state index contributed by atoms with van der Waals surface area (Å²) in [4.78, 5) is 3.06. The van der Waals surface area contributed by atoms with Crippen LogP contribution in [0, 0.1) is 6.92 Å². The molecule has 3 rings (SSSR count). The molecular formula is C25H38N2O4+2. The van der Waals surface area contributed by atoms with E-state index in [1.165, 1.54) is 20.9 Å². The van der Waals surface area contributed by atoms with Crippen molar-refractivity contribution in [3.05, 3.63) is 46.5 Å². The van der Waals surface area contributed by atoms with Gasteiger partial charge in [0.1, 0.15) is 45.0 Å². The monoisotopic (exact) mass is 430 g/mol. The number of hydrogen-bond acceptors (Lipinski definition) is 4. The van der Waals surface area contributed by atoms with Crippen LogP contribution in [-0.4, -0.2) is 52.6 Å². The molecule has 0 radical (unpaired) electrons. The largest absolute Gasteiger partial charge is 0.507 e. The number of methoxy groups -OCH3 is 3. The zero-order chi connectivity index (χ0) is 22.5. The van der Waals surface area contributed by atoms with Crippen LogP contribution < -0.4 is 24.0 Å². The van der Waals surface area contributed by atoms with Crippen LogP contribution in [-0.2, 0) is 13.1 Å². The average Bonchev–Trinajstić information content (AvgIpc) is 2.76. The van der Waals surface area contributed by atoms with Crippen LogP contribution in [0.2, 0.25) is 0 Å². The van der Waals surface area contributed by atoms with Gasteiger partial charge < -0.3 is 29.1 Å². The van der Waals surface area contributed by atoms with Crippen molar-refractivity contribution in [1.29, 1.82) is 0 Å². The van der Waals surface area contributed by atoms with Crippen molar-refractivity contribution < 1.29 is 29.1 Å². The van der Waals surface area contributed by atoms with Gasteiger partial charge in [-0.25, -0.2) is 0 Å². The third-order valence-electron chi connectivity index (χ3n) is 6.42. The molecule has 170 valence electrons. The van der Waals surface area contributed by atoms with Crippen molar-refractivity contribution in [1.82, 2.24) is 0 Å². The molecule has 1 aliphatic heterocycles. The van der Waals surface area contributed by atoms with Crippen molar-refractivity contribution in [2.45, 2.75) is 39.8 Å². The Labute approximate surface area is 186 Å². The molecule has 0 aliphatic carbocycles. The fraction of sp³-hybridized carbons (Fsp3) is 0.520. The first kappa shape index (κ1) is 23.2. The summed E-state index contributed by atoms with van der Waals surface area (Å²) in [7, 11) is 4.96. The molecule has 31 heavy (non-hydrogen) atoms. The van der Waals surface area contributed by atoms with Gasteiger partial charge in [0.2, 0.25) is 5.75 Å². The van der Waals surface area contributed by atoms with Gasteiger partial charge in [0.05, 0.1) is 26.9 Å².